The first-order valence-electron chi connectivity index (χ1n) is 10.6. The average molecular weight is 438 g/mol. The van der Waals surface area contributed by atoms with Crippen LogP contribution in [0.4, 0.5) is 11.5 Å². The molecule has 3 aromatic rings. The second kappa shape index (κ2) is 8.34. The fraction of sp³-hybridized carbons (Fsp3) is 0.435. The molecule has 2 aromatic heterocycles. The lowest BCUT2D eigenvalue weighted by atomic mass is 9.69. The van der Waals surface area contributed by atoms with Gasteiger partial charge in [0.15, 0.2) is 5.82 Å². The Morgan fingerprint density at radius 1 is 1.32 bits per heavy atom. The number of thiophene rings is 1. The van der Waals surface area contributed by atoms with Gasteiger partial charge in [-0.05, 0) is 60.8 Å². The second-order valence-corrected chi connectivity index (χ2v) is 9.88. The van der Waals surface area contributed by atoms with Gasteiger partial charge in [-0.15, -0.1) is 11.3 Å². The number of nitro groups is 1. The number of hydrazone groups is 1. The first-order valence-corrected chi connectivity index (χ1v) is 11.4. The highest BCUT2D eigenvalue weighted by atomic mass is 32.1. The van der Waals surface area contributed by atoms with Gasteiger partial charge in [-0.25, -0.2) is 9.97 Å². The number of anilines is 1. The second-order valence-electron chi connectivity index (χ2n) is 8.80. The molecule has 1 aliphatic carbocycles. The Morgan fingerprint density at radius 3 is 2.74 bits per heavy atom. The van der Waals surface area contributed by atoms with Gasteiger partial charge in [0, 0.05) is 17.0 Å². The Kier molecular flexibility index (Phi) is 5.75. The van der Waals surface area contributed by atoms with Gasteiger partial charge in [0.2, 0.25) is 0 Å². The Balaban J connectivity index is 1.64. The normalized spacial score (nSPS) is 16.9. The standard InChI is InChI=1S/C23H27N5O2S/c1-5-23(3,4)16-8-11-19-18(12-16)20-21(24-13-25-22(20)31-19)27-26-14(2)15-6-9-17(10-7-15)28(29)30/h6-7,9-10,13,16H,5,8,11-12H2,1-4H3,(H,24,25,27). The molecule has 1 atom stereocenters. The molecule has 0 spiro atoms. The van der Waals surface area contributed by atoms with Crippen LogP contribution in [-0.4, -0.2) is 20.6 Å². The van der Waals surface area contributed by atoms with Crippen molar-refractivity contribution < 1.29 is 4.92 Å². The molecule has 0 fully saturated rings. The van der Waals surface area contributed by atoms with E-state index < -0.39 is 4.92 Å². The van der Waals surface area contributed by atoms with Crippen LogP contribution in [0.2, 0.25) is 0 Å². The molecule has 7 nitrogen and oxygen atoms in total. The van der Waals surface area contributed by atoms with Gasteiger partial charge >= 0.3 is 0 Å². The first-order chi connectivity index (χ1) is 14.8. The first kappa shape index (κ1) is 21.4. The highest BCUT2D eigenvalue weighted by Crippen LogP contribution is 2.45. The lowest BCUT2D eigenvalue weighted by Gasteiger charge is -2.36. The van der Waals surface area contributed by atoms with E-state index in [0.717, 1.165) is 46.6 Å². The third-order valence-electron chi connectivity index (χ3n) is 6.68. The molecular formula is C23H27N5O2S. The summed E-state index contributed by atoms with van der Waals surface area (Å²) in [5, 5.41) is 16.5. The molecule has 4 rings (SSSR count). The van der Waals surface area contributed by atoms with Crippen LogP contribution in [0, 0.1) is 21.4 Å². The number of rotatable bonds is 6. The number of nitrogens with zero attached hydrogens (tertiary/aromatic N) is 4. The van der Waals surface area contributed by atoms with Crippen molar-refractivity contribution in [3.05, 3.63) is 56.7 Å². The molecule has 1 N–H and O–H groups in total. The number of hydrogen-bond donors (Lipinski definition) is 1. The molecule has 0 amide bonds. The van der Waals surface area contributed by atoms with E-state index in [9.17, 15) is 10.1 Å². The fourth-order valence-corrected chi connectivity index (χ4v) is 5.36. The number of aromatic nitrogens is 2. The molecular weight excluding hydrogens is 410 g/mol. The third kappa shape index (κ3) is 4.17. The molecule has 0 saturated carbocycles. The molecule has 2 heterocycles. The van der Waals surface area contributed by atoms with Gasteiger partial charge in [0.05, 0.1) is 16.0 Å². The van der Waals surface area contributed by atoms with Crippen molar-refractivity contribution in [1.29, 1.82) is 0 Å². The largest absolute Gasteiger partial charge is 0.269 e. The zero-order chi connectivity index (χ0) is 22.2. The summed E-state index contributed by atoms with van der Waals surface area (Å²) in [6.45, 7) is 8.87. The third-order valence-corrected chi connectivity index (χ3v) is 7.88. The molecule has 0 aliphatic heterocycles. The molecule has 31 heavy (non-hydrogen) atoms. The predicted octanol–water partition coefficient (Wildman–Crippen LogP) is 5.98. The van der Waals surface area contributed by atoms with Crippen LogP contribution in [0.1, 0.15) is 56.5 Å². The summed E-state index contributed by atoms with van der Waals surface area (Å²) in [5.74, 6) is 1.36. The van der Waals surface area contributed by atoms with Crippen molar-refractivity contribution >= 4 is 38.8 Å². The fourth-order valence-electron chi connectivity index (χ4n) is 4.17. The van der Waals surface area contributed by atoms with Crippen LogP contribution < -0.4 is 5.43 Å². The monoisotopic (exact) mass is 437 g/mol. The summed E-state index contributed by atoms with van der Waals surface area (Å²) in [5.41, 5.74) is 6.43. The number of nitrogens with one attached hydrogen (secondary N) is 1. The topological polar surface area (TPSA) is 93.3 Å². The van der Waals surface area contributed by atoms with E-state index in [4.69, 9.17) is 0 Å². The molecule has 0 radical (unpaired) electrons. The Hall–Kier alpha value is -2.87. The maximum Gasteiger partial charge on any atom is 0.269 e. The SMILES string of the molecule is CCC(C)(C)C1CCc2sc3ncnc(NN=C(C)c4ccc([N+](=O)[O-])cc4)c3c2C1. The number of hydrogen-bond acceptors (Lipinski definition) is 7. The van der Waals surface area contributed by atoms with Crippen molar-refractivity contribution in [2.24, 2.45) is 16.4 Å². The van der Waals surface area contributed by atoms with Gasteiger partial charge in [-0.3, -0.25) is 15.5 Å². The molecule has 8 heteroatoms. The molecule has 1 aromatic carbocycles. The van der Waals surface area contributed by atoms with Crippen molar-refractivity contribution in [1.82, 2.24) is 9.97 Å². The predicted molar refractivity (Wildman–Crippen MR) is 126 cm³/mol. The minimum Gasteiger partial charge on any atom is -0.260 e. The van der Waals surface area contributed by atoms with Crippen LogP contribution in [-0.2, 0) is 12.8 Å². The smallest absolute Gasteiger partial charge is 0.260 e. The molecule has 0 saturated heterocycles. The maximum absolute atomic E-state index is 10.9. The molecule has 1 unspecified atom stereocenters. The van der Waals surface area contributed by atoms with Gasteiger partial charge in [-0.1, -0.05) is 27.2 Å². The Morgan fingerprint density at radius 2 is 2.06 bits per heavy atom. The summed E-state index contributed by atoms with van der Waals surface area (Å²) >= 11 is 1.77. The molecule has 162 valence electrons. The van der Waals surface area contributed by atoms with E-state index in [2.05, 4.69) is 41.3 Å². The maximum atomic E-state index is 10.9. The van der Waals surface area contributed by atoms with Crippen LogP contribution in [0.25, 0.3) is 10.2 Å². The van der Waals surface area contributed by atoms with Crippen LogP contribution in [0.3, 0.4) is 0 Å². The van der Waals surface area contributed by atoms with Gasteiger partial charge in [0.1, 0.15) is 11.2 Å². The minimum atomic E-state index is -0.404. The van der Waals surface area contributed by atoms with Crippen molar-refractivity contribution in [3.63, 3.8) is 0 Å². The zero-order valence-electron chi connectivity index (χ0n) is 18.3. The highest BCUT2D eigenvalue weighted by Gasteiger charge is 2.33. The van der Waals surface area contributed by atoms with Gasteiger partial charge in [-0.2, -0.15) is 5.10 Å². The molecule has 0 bridgehead atoms. The average Bonchev–Trinajstić information content (AvgIpc) is 3.16. The van der Waals surface area contributed by atoms with Crippen LogP contribution in [0.5, 0.6) is 0 Å². The summed E-state index contributed by atoms with van der Waals surface area (Å²) in [7, 11) is 0. The minimum absolute atomic E-state index is 0.0662. The number of aryl methyl sites for hydroxylation is 1. The highest BCUT2D eigenvalue weighted by molar-refractivity contribution is 7.19. The number of nitro benzene ring substituents is 1. The van der Waals surface area contributed by atoms with E-state index >= 15 is 0 Å². The van der Waals surface area contributed by atoms with E-state index in [1.807, 2.05) is 6.92 Å². The Bertz CT molecular complexity index is 1150. The summed E-state index contributed by atoms with van der Waals surface area (Å²) in [6, 6.07) is 6.39. The van der Waals surface area contributed by atoms with Crippen molar-refractivity contribution in [2.45, 2.75) is 53.4 Å². The van der Waals surface area contributed by atoms with Gasteiger partial charge in [0.25, 0.3) is 5.69 Å². The van der Waals surface area contributed by atoms with E-state index in [1.165, 1.54) is 29.0 Å². The lowest BCUT2D eigenvalue weighted by molar-refractivity contribution is -0.384. The van der Waals surface area contributed by atoms with Crippen LogP contribution in [0.15, 0.2) is 35.7 Å². The Labute approximate surface area is 185 Å². The van der Waals surface area contributed by atoms with Crippen molar-refractivity contribution in [3.8, 4) is 0 Å². The zero-order valence-corrected chi connectivity index (χ0v) is 19.1. The number of fused-ring (bicyclic) bond motifs is 3. The molecule has 1 aliphatic rings. The number of benzene rings is 1. The van der Waals surface area contributed by atoms with E-state index in [0.29, 0.717) is 11.3 Å². The summed E-state index contributed by atoms with van der Waals surface area (Å²) in [6.07, 6.45) is 6.10. The van der Waals surface area contributed by atoms with Crippen LogP contribution >= 0.6 is 11.3 Å². The number of non-ortho nitro benzene ring substituents is 1. The lowest BCUT2D eigenvalue weighted by Crippen LogP contribution is -2.28. The summed E-state index contributed by atoms with van der Waals surface area (Å²) < 4.78 is 0. The quantitative estimate of drug-likeness (QED) is 0.291. The summed E-state index contributed by atoms with van der Waals surface area (Å²) in [4.78, 5) is 21.9. The van der Waals surface area contributed by atoms with E-state index in [1.54, 1.807) is 29.8 Å². The van der Waals surface area contributed by atoms with Gasteiger partial charge < -0.3 is 0 Å². The van der Waals surface area contributed by atoms with Crippen molar-refractivity contribution in [2.75, 3.05) is 5.43 Å². The van der Waals surface area contributed by atoms with E-state index in [-0.39, 0.29) is 5.69 Å².